The summed E-state index contributed by atoms with van der Waals surface area (Å²) < 4.78 is 5.59. The maximum atomic E-state index is 5.59. The molecule has 0 spiro atoms. The fraction of sp³-hybridized carbons (Fsp3) is 0.750. The van der Waals surface area contributed by atoms with Crippen molar-refractivity contribution in [3.8, 4) is 5.88 Å². The quantitative estimate of drug-likeness (QED) is 0.904. The van der Waals surface area contributed by atoms with Crippen molar-refractivity contribution >= 4 is 5.82 Å². The van der Waals surface area contributed by atoms with Crippen LogP contribution in [0.25, 0.3) is 0 Å². The van der Waals surface area contributed by atoms with Crippen LogP contribution in [0.2, 0.25) is 0 Å². The number of ether oxygens (including phenoxy) is 1. The van der Waals surface area contributed by atoms with Crippen LogP contribution >= 0.6 is 0 Å². The second-order valence-corrected chi connectivity index (χ2v) is 6.68. The lowest BCUT2D eigenvalue weighted by molar-refractivity contribution is 0.323. The van der Waals surface area contributed by atoms with Gasteiger partial charge in [0.25, 0.3) is 0 Å². The van der Waals surface area contributed by atoms with Gasteiger partial charge in [0.2, 0.25) is 5.88 Å². The number of nitrogens with zero attached hydrogens (tertiary/aromatic N) is 3. The van der Waals surface area contributed by atoms with Crippen molar-refractivity contribution in [2.24, 2.45) is 0 Å². The molecule has 2 heterocycles. The van der Waals surface area contributed by atoms with Crippen LogP contribution in [0, 0.1) is 6.92 Å². The van der Waals surface area contributed by atoms with E-state index in [-0.39, 0.29) is 5.54 Å². The standard InChI is InChI=1S/C16H28N4O/c1-6-21-15-12(2)14(17-11-18-15)20-9-7-8-13(20)10-19-16(3,4)5/h11,13,19H,6-10H2,1-5H3. The number of hydrogen-bond acceptors (Lipinski definition) is 5. The van der Waals surface area contributed by atoms with Crippen LogP contribution in [0.5, 0.6) is 5.88 Å². The highest BCUT2D eigenvalue weighted by Crippen LogP contribution is 2.29. The van der Waals surface area contributed by atoms with Crippen LogP contribution in [0.1, 0.15) is 46.1 Å². The first-order valence-corrected chi connectivity index (χ1v) is 7.88. The summed E-state index contributed by atoms with van der Waals surface area (Å²) in [5, 5.41) is 3.61. The molecule has 0 aromatic carbocycles. The fourth-order valence-electron chi connectivity index (χ4n) is 2.75. The summed E-state index contributed by atoms with van der Waals surface area (Å²) in [6.45, 7) is 13.3. The Morgan fingerprint density at radius 1 is 1.38 bits per heavy atom. The molecule has 1 unspecified atom stereocenters. The van der Waals surface area contributed by atoms with Gasteiger partial charge < -0.3 is 15.0 Å². The highest BCUT2D eigenvalue weighted by Gasteiger charge is 2.28. The van der Waals surface area contributed by atoms with Gasteiger partial charge in [-0.3, -0.25) is 0 Å². The van der Waals surface area contributed by atoms with E-state index >= 15 is 0 Å². The first kappa shape index (κ1) is 16.0. The Morgan fingerprint density at radius 2 is 2.14 bits per heavy atom. The zero-order valence-corrected chi connectivity index (χ0v) is 13.9. The van der Waals surface area contributed by atoms with Crippen molar-refractivity contribution in [1.82, 2.24) is 15.3 Å². The second kappa shape index (κ2) is 6.60. The van der Waals surface area contributed by atoms with E-state index in [1.54, 1.807) is 6.33 Å². The predicted octanol–water partition coefficient (Wildman–Crippen LogP) is 2.54. The lowest BCUT2D eigenvalue weighted by Crippen LogP contribution is -2.45. The Kier molecular flexibility index (Phi) is 5.04. The average molecular weight is 292 g/mol. The number of nitrogens with one attached hydrogen (secondary N) is 1. The first-order chi connectivity index (χ1) is 9.92. The van der Waals surface area contributed by atoms with Gasteiger partial charge in [0.1, 0.15) is 12.1 Å². The third kappa shape index (κ3) is 4.06. The lowest BCUT2D eigenvalue weighted by atomic mass is 10.1. The van der Waals surface area contributed by atoms with E-state index in [0.717, 1.165) is 24.5 Å². The highest BCUT2D eigenvalue weighted by molar-refractivity contribution is 5.51. The molecule has 0 saturated carbocycles. The van der Waals surface area contributed by atoms with Crippen LogP contribution in [0.15, 0.2) is 6.33 Å². The van der Waals surface area contributed by atoms with Crippen molar-refractivity contribution < 1.29 is 4.74 Å². The van der Waals surface area contributed by atoms with Gasteiger partial charge in [0.05, 0.1) is 12.2 Å². The molecule has 5 nitrogen and oxygen atoms in total. The minimum absolute atomic E-state index is 0.144. The second-order valence-electron chi connectivity index (χ2n) is 6.68. The molecule has 1 atom stereocenters. The molecule has 0 bridgehead atoms. The zero-order valence-electron chi connectivity index (χ0n) is 13.9. The molecule has 1 aliphatic heterocycles. The van der Waals surface area contributed by atoms with E-state index in [4.69, 9.17) is 4.74 Å². The minimum atomic E-state index is 0.144. The van der Waals surface area contributed by atoms with Crippen molar-refractivity contribution in [1.29, 1.82) is 0 Å². The highest BCUT2D eigenvalue weighted by atomic mass is 16.5. The molecule has 0 amide bonds. The van der Waals surface area contributed by atoms with E-state index in [9.17, 15) is 0 Å². The molecular weight excluding hydrogens is 264 g/mol. The average Bonchev–Trinajstić information content (AvgIpc) is 2.86. The fourth-order valence-corrected chi connectivity index (χ4v) is 2.75. The SMILES string of the molecule is CCOc1ncnc(N2CCCC2CNC(C)(C)C)c1C. The predicted molar refractivity (Wildman–Crippen MR) is 86.1 cm³/mol. The minimum Gasteiger partial charge on any atom is -0.478 e. The van der Waals surface area contributed by atoms with Crippen LogP contribution in [0.3, 0.4) is 0 Å². The van der Waals surface area contributed by atoms with E-state index in [2.05, 4.69) is 41.0 Å². The molecule has 1 N–H and O–H groups in total. The topological polar surface area (TPSA) is 50.3 Å². The third-order valence-electron chi connectivity index (χ3n) is 3.81. The molecule has 118 valence electrons. The first-order valence-electron chi connectivity index (χ1n) is 7.88. The van der Waals surface area contributed by atoms with Gasteiger partial charge in [-0.2, -0.15) is 0 Å². The van der Waals surface area contributed by atoms with E-state index in [1.807, 2.05) is 13.8 Å². The smallest absolute Gasteiger partial charge is 0.221 e. The van der Waals surface area contributed by atoms with Crippen molar-refractivity contribution in [3.63, 3.8) is 0 Å². The summed E-state index contributed by atoms with van der Waals surface area (Å²) in [5.74, 6) is 1.73. The summed E-state index contributed by atoms with van der Waals surface area (Å²) in [6, 6.07) is 0.493. The van der Waals surface area contributed by atoms with Crippen LogP contribution in [0.4, 0.5) is 5.82 Å². The van der Waals surface area contributed by atoms with Crippen molar-refractivity contribution in [3.05, 3.63) is 11.9 Å². The largest absolute Gasteiger partial charge is 0.478 e. The van der Waals surface area contributed by atoms with Crippen molar-refractivity contribution in [2.75, 3.05) is 24.6 Å². The number of rotatable bonds is 5. The van der Waals surface area contributed by atoms with E-state index < -0.39 is 0 Å². The molecular formula is C16H28N4O. The maximum absolute atomic E-state index is 5.59. The number of hydrogen-bond donors (Lipinski definition) is 1. The molecule has 0 aliphatic carbocycles. The third-order valence-corrected chi connectivity index (χ3v) is 3.81. The lowest BCUT2D eigenvalue weighted by Gasteiger charge is -2.30. The molecule has 1 fully saturated rings. The molecule has 5 heteroatoms. The van der Waals surface area contributed by atoms with E-state index in [1.165, 1.54) is 12.8 Å². The molecule has 1 aromatic heterocycles. The van der Waals surface area contributed by atoms with Crippen molar-refractivity contribution in [2.45, 2.75) is 59.0 Å². The Morgan fingerprint density at radius 3 is 2.81 bits per heavy atom. The summed E-state index contributed by atoms with van der Waals surface area (Å²) in [7, 11) is 0. The van der Waals surface area contributed by atoms with Gasteiger partial charge in [-0.25, -0.2) is 9.97 Å². The van der Waals surface area contributed by atoms with E-state index in [0.29, 0.717) is 18.5 Å². The molecule has 0 radical (unpaired) electrons. The van der Waals surface area contributed by atoms with Gasteiger partial charge in [-0.15, -0.1) is 0 Å². The number of aromatic nitrogens is 2. The molecule has 1 aliphatic rings. The molecule has 2 rings (SSSR count). The molecule has 1 saturated heterocycles. The molecule has 21 heavy (non-hydrogen) atoms. The summed E-state index contributed by atoms with van der Waals surface area (Å²) in [6.07, 6.45) is 4.03. The summed E-state index contributed by atoms with van der Waals surface area (Å²) in [4.78, 5) is 11.1. The van der Waals surface area contributed by atoms with Crippen LogP contribution in [-0.4, -0.2) is 41.2 Å². The van der Waals surface area contributed by atoms with Gasteiger partial charge in [0, 0.05) is 24.7 Å². The van der Waals surface area contributed by atoms with Gasteiger partial charge >= 0.3 is 0 Å². The maximum Gasteiger partial charge on any atom is 0.221 e. The normalized spacial score (nSPS) is 19.1. The number of anilines is 1. The van der Waals surface area contributed by atoms with Gasteiger partial charge in [-0.1, -0.05) is 0 Å². The Hall–Kier alpha value is -1.36. The Bertz CT molecular complexity index is 470. The Labute approximate surface area is 128 Å². The van der Waals surface area contributed by atoms with Gasteiger partial charge in [0.15, 0.2) is 0 Å². The van der Waals surface area contributed by atoms with Gasteiger partial charge in [-0.05, 0) is 47.5 Å². The zero-order chi connectivity index (χ0) is 15.5. The van der Waals surface area contributed by atoms with Crippen LogP contribution < -0.4 is 15.0 Å². The Balaban J connectivity index is 2.14. The van der Waals surface area contributed by atoms with Crippen LogP contribution in [-0.2, 0) is 0 Å². The summed E-state index contributed by atoms with van der Waals surface area (Å²) in [5.41, 5.74) is 1.19. The monoisotopic (exact) mass is 292 g/mol. The summed E-state index contributed by atoms with van der Waals surface area (Å²) >= 11 is 0. The molecule has 1 aromatic rings.